The van der Waals surface area contributed by atoms with Gasteiger partial charge in [0, 0.05) is 0 Å². The van der Waals surface area contributed by atoms with Gasteiger partial charge in [0.2, 0.25) is 0 Å². The van der Waals surface area contributed by atoms with Crippen LogP contribution in [0.3, 0.4) is 0 Å². The molecule has 3 rings (SSSR count). The zero-order valence-electron chi connectivity index (χ0n) is 19.0. The molecule has 0 atom stereocenters. The third-order valence-corrected chi connectivity index (χ3v) is 18.1. The van der Waals surface area contributed by atoms with E-state index in [-0.39, 0.29) is 3.43 Å². The molecule has 140 valence electrons. The van der Waals surface area contributed by atoms with Crippen molar-refractivity contribution in [2.24, 2.45) is 0 Å². The summed E-state index contributed by atoms with van der Waals surface area (Å²) in [6.07, 6.45) is 0. The summed E-state index contributed by atoms with van der Waals surface area (Å²) < 4.78 is 0.236. The fourth-order valence-corrected chi connectivity index (χ4v) is 11.4. The summed E-state index contributed by atoms with van der Waals surface area (Å²) in [5.41, 5.74) is 18.6. The first-order valence-corrected chi connectivity index (χ1v) is 20.0. The average Bonchev–Trinajstić information content (AvgIpc) is 2.85. The molecule has 0 bridgehead atoms. The Kier molecular flexibility index (Phi) is 4.51. The molecule has 0 saturated heterocycles. The van der Waals surface area contributed by atoms with Crippen LogP contribution in [-0.2, 0) is 3.43 Å². The molecule has 0 aliphatic heterocycles. The first-order valence-electron chi connectivity index (χ1n) is 10.0. The van der Waals surface area contributed by atoms with Crippen LogP contribution in [0.4, 0.5) is 0 Å². The summed E-state index contributed by atoms with van der Waals surface area (Å²) in [5, 5.41) is 0. The van der Waals surface area contributed by atoms with Crippen LogP contribution in [0.1, 0.15) is 62.6 Å². The molecule has 0 N–H and O–H groups in total. The molecular weight excluding hydrogens is 419 g/mol. The topological polar surface area (TPSA) is 0 Å². The number of hydrogen-bond donors (Lipinski definition) is 0. The molecule has 0 aromatic heterocycles. The van der Waals surface area contributed by atoms with Gasteiger partial charge in [-0.1, -0.05) is 0 Å². The quantitative estimate of drug-likeness (QED) is 0.396. The maximum atomic E-state index is 2.63. The SMILES string of the molecule is Cc1c(C)c(C)c2c(c1C)-c1c(C)c(C)c(C)c(C)c1[C]2(C)[Sn]([CH3])([CH3])[CH3]. The van der Waals surface area contributed by atoms with Gasteiger partial charge in [-0.3, -0.25) is 0 Å². The minimum atomic E-state index is -2.40. The molecule has 1 heteroatoms. The first kappa shape index (κ1) is 20.0. The predicted octanol–water partition coefficient (Wildman–Crippen LogP) is 7.32. The molecule has 0 radical (unpaired) electrons. The van der Waals surface area contributed by atoms with Crippen LogP contribution >= 0.6 is 0 Å². The molecule has 2 aromatic carbocycles. The van der Waals surface area contributed by atoms with Gasteiger partial charge < -0.3 is 0 Å². The molecule has 2 aromatic rings. The van der Waals surface area contributed by atoms with E-state index in [4.69, 9.17) is 0 Å². The average molecular weight is 455 g/mol. The van der Waals surface area contributed by atoms with Crippen LogP contribution in [0.2, 0.25) is 14.8 Å². The number of benzene rings is 2. The molecule has 1 aliphatic carbocycles. The molecular formula is C25H36Sn. The van der Waals surface area contributed by atoms with Crippen LogP contribution in [0.25, 0.3) is 11.1 Å². The van der Waals surface area contributed by atoms with E-state index >= 15 is 0 Å². The molecule has 0 amide bonds. The number of fused-ring (bicyclic) bond motifs is 3. The van der Waals surface area contributed by atoms with Crippen molar-refractivity contribution in [2.45, 2.75) is 80.6 Å². The Labute approximate surface area is 165 Å². The second-order valence-corrected chi connectivity index (χ2v) is 25.6. The zero-order valence-corrected chi connectivity index (χ0v) is 21.9. The van der Waals surface area contributed by atoms with E-state index in [1.807, 2.05) is 0 Å². The van der Waals surface area contributed by atoms with E-state index in [2.05, 4.69) is 77.1 Å². The Bertz CT molecular complexity index is 883. The Morgan fingerprint density at radius 2 is 0.731 bits per heavy atom. The van der Waals surface area contributed by atoms with Gasteiger partial charge in [0.1, 0.15) is 0 Å². The van der Waals surface area contributed by atoms with Gasteiger partial charge in [0.15, 0.2) is 0 Å². The van der Waals surface area contributed by atoms with E-state index in [1.54, 1.807) is 33.4 Å². The Morgan fingerprint density at radius 3 is 1.00 bits per heavy atom. The van der Waals surface area contributed by atoms with E-state index in [0.29, 0.717) is 0 Å². The molecule has 0 heterocycles. The minimum absolute atomic E-state index is 0.236. The van der Waals surface area contributed by atoms with E-state index in [1.165, 1.54) is 33.4 Å². The standard InChI is InChI=1S/C22H27.3CH3.Sn/c1-10-12(3)16(7)21-19(14(10)5)18(9)20-15(6)11(2)13(4)17(8)22(20)21;;;;/h1-9H3;3*1H3;. The Hall–Kier alpha value is -0.761. The maximum absolute atomic E-state index is 2.63. The van der Waals surface area contributed by atoms with E-state index in [9.17, 15) is 0 Å². The van der Waals surface area contributed by atoms with Crippen molar-refractivity contribution in [3.05, 3.63) is 55.6 Å². The van der Waals surface area contributed by atoms with Crippen molar-refractivity contribution in [3.8, 4) is 11.1 Å². The normalized spacial score (nSPS) is 15.2. The van der Waals surface area contributed by atoms with Crippen LogP contribution < -0.4 is 0 Å². The van der Waals surface area contributed by atoms with Crippen LogP contribution in [0.15, 0.2) is 0 Å². The summed E-state index contributed by atoms with van der Waals surface area (Å²) in [7, 11) is 0. The van der Waals surface area contributed by atoms with Gasteiger partial charge in [-0.25, -0.2) is 0 Å². The third-order valence-electron chi connectivity index (χ3n) is 8.12. The third kappa shape index (κ3) is 2.20. The van der Waals surface area contributed by atoms with Gasteiger partial charge in [0.05, 0.1) is 0 Å². The number of hydrogen-bond acceptors (Lipinski definition) is 0. The summed E-state index contributed by atoms with van der Waals surface area (Å²) in [5.74, 6) is 0. The van der Waals surface area contributed by atoms with E-state index in [0.717, 1.165) is 0 Å². The zero-order chi connectivity index (χ0) is 19.9. The van der Waals surface area contributed by atoms with Crippen LogP contribution in [-0.4, -0.2) is 18.4 Å². The monoisotopic (exact) mass is 456 g/mol. The van der Waals surface area contributed by atoms with Crippen molar-refractivity contribution >= 4 is 18.4 Å². The molecule has 1 aliphatic rings. The van der Waals surface area contributed by atoms with Crippen molar-refractivity contribution in [2.75, 3.05) is 0 Å². The van der Waals surface area contributed by atoms with Crippen molar-refractivity contribution in [1.82, 2.24) is 0 Å². The fraction of sp³-hybridized carbons (Fsp3) is 0.520. The number of rotatable bonds is 1. The molecule has 0 fully saturated rings. The summed E-state index contributed by atoms with van der Waals surface area (Å²) in [6.45, 7) is 21.4. The van der Waals surface area contributed by atoms with Crippen LogP contribution in [0.5, 0.6) is 0 Å². The molecule has 26 heavy (non-hydrogen) atoms. The summed E-state index contributed by atoms with van der Waals surface area (Å²) >= 11 is -2.40. The molecule has 0 saturated carbocycles. The Balaban J connectivity index is 2.71. The second-order valence-electron chi connectivity index (χ2n) is 9.88. The van der Waals surface area contributed by atoms with Crippen molar-refractivity contribution in [3.63, 3.8) is 0 Å². The van der Waals surface area contributed by atoms with Crippen molar-refractivity contribution < 1.29 is 0 Å². The summed E-state index contributed by atoms with van der Waals surface area (Å²) in [6, 6.07) is 0. The second kappa shape index (κ2) is 5.87. The van der Waals surface area contributed by atoms with Gasteiger partial charge in [-0.2, -0.15) is 0 Å². The van der Waals surface area contributed by atoms with Crippen LogP contribution in [0, 0.1) is 55.4 Å². The molecule has 0 unspecified atom stereocenters. The van der Waals surface area contributed by atoms with Gasteiger partial charge >= 0.3 is 166 Å². The van der Waals surface area contributed by atoms with Crippen molar-refractivity contribution in [1.29, 1.82) is 0 Å². The van der Waals surface area contributed by atoms with E-state index < -0.39 is 18.4 Å². The summed E-state index contributed by atoms with van der Waals surface area (Å²) in [4.78, 5) is 7.88. The van der Waals surface area contributed by atoms with Gasteiger partial charge in [-0.15, -0.1) is 0 Å². The Morgan fingerprint density at radius 1 is 0.462 bits per heavy atom. The van der Waals surface area contributed by atoms with Gasteiger partial charge in [0.25, 0.3) is 0 Å². The van der Waals surface area contributed by atoms with Gasteiger partial charge in [-0.05, 0) is 0 Å². The molecule has 0 nitrogen and oxygen atoms in total. The predicted molar refractivity (Wildman–Crippen MR) is 120 cm³/mol. The fourth-order valence-electron chi connectivity index (χ4n) is 5.38. The molecule has 0 spiro atoms. The first-order chi connectivity index (χ1) is 11.8.